The van der Waals surface area contributed by atoms with Crippen molar-refractivity contribution in [3.8, 4) is 0 Å². The summed E-state index contributed by atoms with van der Waals surface area (Å²) >= 11 is 3.30. The van der Waals surface area contributed by atoms with E-state index in [9.17, 15) is 9.59 Å². The van der Waals surface area contributed by atoms with Gasteiger partial charge in [0.2, 0.25) is 5.91 Å². The molecule has 1 aliphatic rings. The normalized spacial score (nSPS) is 13.8. The molecule has 1 saturated carbocycles. The monoisotopic (exact) mass is 339 g/mol. The van der Waals surface area contributed by atoms with Gasteiger partial charge < -0.3 is 16.4 Å². The summed E-state index contributed by atoms with van der Waals surface area (Å²) in [5.41, 5.74) is 6.76. The van der Waals surface area contributed by atoms with Crippen molar-refractivity contribution < 1.29 is 9.59 Å². The predicted octanol–water partition coefficient (Wildman–Crippen LogP) is 1.82. The second-order valence-electron chi connectivity index (χ2n) is 4.91. The first kappa shape index (κ1) is 14.8. The van der Waals surface area contributed by atoms with Crippen LogP contribution in [0.15, 0.2) is 22.7 Å². The second-order valence-corrected chi connectivity index (χ2v) is 5.70. The Kier molecular flexibility index (Phi) is 5.00. The molecule has 0 spiro atoms. The summed E-state index contributed by atoms with van der Waals surface area (Å²) in [4.78, 5) is 23.4. The van der Waals surface area contributed by atoms with E-state index >= 15 is 0 Å². The lowest BCUT2D eigenvalue weighted by molar-refractivity contribution is -0.121. The first-order chi connectivity index (χ1) is 9.58. The van der Waals surface area contributed by atoms with Gasteiger partial charge in [-0.3, -0.25) is 9.59 Å². The van der Waals surface area contributed by atoms with E-state index in [4.69, 9.17) is 5.73 Å². The highest BCUT2D eigenvalue weighted by Gasteiger charge is 2.22. The Morgan fingerprint density at radius 1 is 1.35 bits per heavy atom. The molecule has 0 heterocycles. The van der Waals surface area contributed by atoms with Gasteiger partial charge in [0.15, 0.2) is 0 Å². The van der Waals surface area contributed by atoms with Crippen LogP contribution in [0.3, 0.4) is 0 Å². The number of amides is 2. The summed E-state index contributed by atoms with van der Waals surface area (Å²) in [6.07, 6.45) is 3.25. The quantitative estimate of drug-likeness (QED) is 0.546. The summed E-state index contributed by atoms with van der Waals surface area (Å²) in [6.45, 7) is 0.470. The van der Waals surface area contributed by atoms with Gasteiger partial charge in [0.25, 0.3) is 5.91 Å². The van der Waals surface area contributed by atoms with Gasteiger partial charge in [0, 0.05) is 24.7 Å². The topological polar surface area (TPSA) is 84.2 Å². The van der Waals surface area contributed by atoms with Crippen molar-refractivity contribution in [3.63, 3.8) is 0 Å². The molecule has 108 valence electrons. The van der Waals surface area contributed by atoms with E-state index in [-0.39, 0.29) is 11.8 Å². The number of hydrogen-bond acceptors (Lipinski definition) is 3. The molecule has 0 unspecified atom stereocenters. The number of hydrogen-bond donors (Lipinski definition) is 3. The average Bonchev–Trinajstić information content (AvgIpc) is 3.21. The van der Waals surface area contributed by atoms with Crippen LogP contribution in [0, 0.1) is 0 Å². The van der Waals surface area contributed by atoms with Crippen LogP contribution < -0.4 is 16.4 Å². The van der Waals surface area contributed by atoms with Gasteiger partial charge in [-0.05, 0) is 47.3 Å². The fourth-order valence-corrected chi connectivity index (χ4v) is 2.24. The van der Waals surface area contributed by atoms with E-state index in [0.29, 0.717) is 41.2 Å². The number of carbonyl (C=O) groups is 2. The molecule has 1 aliphatic carbocycles. The number of carbonyl (C=O) groups excluding carboxylic acids is 2. The molecule has 1 aromatic carbocycles. The molecule has 0 radical (unpaired) electrons. The Bertz CT molecular complexity index is 515. The number of halogens is 1. The summed E-state index contributed by atoms with van der Waals surface area (Å²) in [5.74, 6) is -0.126. The van der Waals surface area contributed by atoms with E-state index in [1.54, 1.807) is 18.2 Å². The Labute approximate surface area is 126 Å². The third kappa shape index (κ3) is 4.23. The molecule has 0 aliphatic heterocycles. The van der Waals surface area contributed by atoms with Crippen molar-refractivity contribution in [1.29, 1.82) is 0 Å². The molecule has 0 saturated heterocycles. The molecule has 5 nitrogen and oxygen atoms in total. The highest BCUT2D eigenvalue weighted by atomic mass is 79.9. The molecule has 20 heavy (non-hydrogen) atoms. The number of benzene rings is 1. The van der Waals surface area contributed by atoms with Crippen molar-refractivity contribution in [2.75, 3.05) is 12.3 Å². The van der Waals surface area contributed by atoms with Gasteiger partial charge >= 0.3 is 0 Å². The van der Waals surface area contributed by atoms with Crippen LogP contribution in [0.5, 0.6) is 0 Å². The van der Waals surface area contributed by atoms with Crippen LogP contribution in [0.25, 0.3) is 0 Å². The van der Waals surface area contributed by atoms with E-state index in [2.05, 4.69) is 26.6 Å². The van der Waals surface area contributed by atoms with Crippen LogP contribution in [-0.4, -0.2) is 24.4 Å². The van der Waals surface area contributed by atoms with Gasteiger partial charge in [-0.15, -0.1) is 0 Å². The second kappa shape index (κ2) is 6.74. The van der Waals surface area contributed by atoms with Crippen LogP contribution in [0.2, 0.25) is 0 Å². The molecule has 0 aromatic heterocycles. The average molecular weight is 340 g/mol. The molecule has 0 bridgehead atoms. The Hall–Kier alpha value is -1.56. The maximum absolute atomic E-state index is 12.0. The molecule has 2 rings (SSSR count). The minimum atomic E-state index is -0.188. The summed E-state index contributed by atoms with van der Waals surface area (Å²) < 4.78 is 0.601. The molecule has 1 fully saturated rings. The lowest BCUT2D eigenvalue weighted by Crippen LogP contribution is -2.28. The van der Waals surface area contributed by atoms with Gasteiger partial charge in [0.05, 0.1) is 10.0 Å². The number of nitrogens with one attached hydrogen (secondary N) is 2. The van der Waals surface area contributed by atoms with Crippen LogP contribution in [0.1, 0.15) is 36.0 Å². The number of nitrogen functional groups attached to an aromatic ring is 1. The van der Waals surface area contributed by atoms with Gasteiger partial charge in [0.1, 0.15) is 0 Å². The summed E-state index contributed by atoms with van der Waals surface area (Å²) in [7, 11) is 0. The van der Waals surface area contributed by atoms with Crippen molar-refractivity contribution in [3.05, 3.63) is 28.2 Å². The molecule has 0 atom stereocenters. The minimum absolute atomic E-state index is 0.0619. The van der Waals surface area contributed by atoms with E-state index in [1.165, 1.54) is 0 Å². The molecular formula is C14H18BrN3O2. The third-order valence-corrected chi connectivity index (χ3v) is 3.97. The first-order valence-corrected chi connectivity index (χ1v) is 7.49. The molecular weight excluding hydrogens is 322 g/mol. The van der Waals surface area contributed by atoms with E-state index < -0.39 is 0 Å². The maximum atomic E-state index is 12.0. The zero-order chi connectivity index (χ0) is 14.5. The predicted molar refractivity (Wildman–Crippen MR) is 81.3 cm³/mol. The smallest absolute Gasteiger partial charge is 0.252 e. The number of nitrogens with two attached hydrogens (primary N) is 1. The lowest BCUT2D eigenvalue weighted by atomic mass is 10.2. The fourth-order valence-electron chi connectivity index (χ4n) is 1.80. The zero-order valence-electron chi connectivity index (χ0n) is 11.1. The summed E-state index contributed by atoms with van der Waals surface area (Å²) in [5, 5.41) is 5.70. The Morgan fingerprint density at radius 2 is 2.10 bits per heavy atom. The van der Waals surface area contributed by atoms with E-state index in [0.717, 1.165) is 12.8 Å². The zero-order valence-corrected chi connectivity index (χ0v) is 12.7. The highest BCUT2D eigenvalue weighted by Crippen LogP contribution is 2.23. The largest absolute Gasteiger partial charge is 0.398 e. The van der Waals surface area contributed by atoms with Gasteiger partial charge in [-0.2, -0.15) is 0 Å². The Morgan fingerprint density at radius 3 is 2.80 bits per heavy atom. The van der Waals surface area contributed by atoms with Crippen LogP contribution in [-0.2, 0) is 4.79 Å². The molecule has 1 aromatic rings. The number of rotatable bonds is 6. The van der Waals surface area contributed by atoms with Crippen LogP contribution in [0.4, 0.5) is 5.69 Å². The van der Waals surface area contributed by atoms with Crippen molar-refractivity contribution in [1.82, 2.24) is 10.6 Å². The third-order valence-electron chi connectivity index (χ3n) is 3.08. The summed E-state index contributed by atoms with van der Waals surface area (Å²) in [6, 6.07) is 5.55. The first-order valence-electron chi connectivity index (χ1n) is 6.69. The van der Waals surface area contributed by atoms with Crippen LogP contribution >= 0.6 is 15.9 Å². The fraction of sp³-hybridized carbons (Fsp3) is 0.429. The van der Waals surface area contributed by atoms with Crippen molar-refractivity contribution in [2.24, 2.45) is 0 Å². The number of anilines is 1. The lowest BCUT2D eigenvalue weighted by Gasteiger charge is -2.08. The SMILES string of the molecule is Nc1cccc(C(=O)NCCCC(=O)NC2CC2)c1Br. The van der Waals surface area contributed by atoms with Gasteiger partial charge in [-0.25, -0.2) is 0 Å². The maximum Gasteiger partial charge on any atom is 0.252 e. The van der Waals surface area contributed by atoms with E-state index in [1.807, 2.05) is 0 Å². The van der Waals surface area contributed by atoms with Gasteiger partial charge in [-0.1, -0.05) is 6.07 Å². The molecule has 6 heteroatoms. The van der Waals surface area contributed by atoms with Crippen molar-refractivity contribution in [2.45, 2.75) is 31.7 Å². The molecule has 4 N–H and O–H groups in total. The van der Waals surface area contributed by atoms with Crippen molar-refractivity contribution >= 4 is 33.4 Å². The highest BCUT2D eigenvalue weighted by molar-refractivity contribution is 9.10. The Balaban J connectivity index is 1.71. The standard InChI is InChI=1S/C14H18BrN3O2/c15-13-10(3-1-4-11(13)16)14(20)17-8-2-5-12(19)18-9-6-7-9/h1,3-4,9H,2,5-8,16H2,(H,17,20)(H,18,19). The molecule has 2 amide bonds. The minimum Gasteiger partial charge on any atom is -0.398 e.